The van der Waals surface area contributed by atoms with E-state index in [1.807, 2.05) is 13.8 Å². The Balaban J connectivity index is 2.36. The van der Waals surface area contributed by atoms with Gasteiger partial charge in [-0.25, -0.2) is 4.39 Å². The smallest absolute Gasteiger partial charge is 0.233 e. The van der Waals surface area contributed by atoms with Crippen LogP contribution in [-0.4, -0.2) is 19.0 Å². The molecule has 0 bridgehead atoms. The number of carbonyl (C=O) groups is 1. The van der Waals surface area contributed by atoms with Gasteiger partial charge in [-0.2, -0.15) is 0 Å². The lowest BCUT2D eigenvalue weighted by molar-refractivity contribution is -0.120. The van der Waals surface area contributed by atoms with E-state index in [9.17, 15) is 9.18 Å². The molecule has 0 aliphatic rings. The summed E-state index contributed by atoms with van der Waals surface area (Å²) in [6.07, 6.45) is 0.930. The van der Waals surface area contributed by atoms with Crippen LogP contribution in [0.2, 0.25) is 0 Å². The molecule has 4 heteroatoms. The second-order valence-corrected chi connectivity index (χ2v) is 4.00. The second-order valence-electron chi connectivity index (χ2n) is 4.00. The van der Waals surface area contributed by atoms with Gasteiger partial charge in [-0.15, -0.1) is 0 Å². The molecule has 1 aromatic carbocycles. The van der Waals surface area contributed by atoms with E-state index < -0.39 is 0 Å². The SMILES string of the molecule is CCCNC(=O)CN[C@H](C)c1ccc(F)cc1. The van der Waals surface area contributed by atoms with Crippen LogP contribution in [-0.2, 0) is 4.79 Å². The van der Waals surface area contributed by atoms with Crippen molar-refractivity contribution in [3.63, 3.8) is 0 Å². The maximum Gasteiger partial charge on any atom is 0.233 e. The van der Waals surface area contributed by atoms with E-state index in [0.29, 0.717) is 6.54 Å². The van der Waals surface area contributed by atoms with E-state index in [2.05, 4.69) is 10.6 Å². The average molecular weight is 238 g/mol. The van der Waals surface area contributed by atoms with Crippen LogP contribution in [0.3, 0.4) is 0 Å². The number of halogens is 1. The largest absolute Gasteiger partial charge is 0.355 e. The molecule has 0 unspecified atom stereocenters. The Hall–Kier alpha value is -1.42. The average Bonchev–Trinajstić information content (AvgIpc) is 2.34. The zero-order valence-corrected chi connectivity index (χ0v) is 10.3. The fraction of sp³-hybridized carbons (Fsp3) is 0.462. The minimum atomic E-state index is -0.248. The number of rotatable bonds is 6. The first-order chi connectivity index (χ1) is 8.13. The van der Waals surface area contributed by atoms with Gasteiger partial charge in [0.25, 0.3) is 0 Å². The van der Waals surface area contributed by atoms with Gasteiger partial charge in [-0.3, -0.25) is 4.79 Å². The lowest BCUT2D eigenvalue weighted by atomic mass is 10.1. The number of hydrogen-bond acceptors (Lipinski definition) is 2. The number of amides is 1. The van der Waals surface area contributed by atoms with Crippen molar-refractivity contribution in [1.29, 1.82) is 0 Å². The lowest BCUT2D eigenvalue weighted by Crippen LogP contribution is -2.35. The molecular weight excluding hydrogens is 219 g/mol. The first-order valence-corrected chi connectivity index (χ1v) is 5.89. The molecule has 0 spiro atoms. The Morgan fingerprint density at radius 2 is 2.00 bits per heavy atom. The fourth-order valence-corrected chi connectivity index (χ4v) is 1.44. The Bertz CT molecular complexity index is 351. The van der Waals surface area contributed by atoms with Crippen molar-refractivity contribution in [1.82, 2.24) is 10.6 Å². The van der Waals surface area contributed by atoms with Gasteiger partial charge in [0, 0.05) is 12.6 Å². The molecule has 0 aromatic heterocycles. The minimum Gasteiger partial charge on any atom is -0.355 e. The third-order valence-electron chi connectivity index (χ3n) is 2.51. The summed E-state index contributed by atoms with van der Waals surface area (Å²) in [6.45, 7) is 4.93. The van der Waals surface area contributed by atoms with Crippen LogP contribution in [0.1, 0.15) is 31.9 Å². The first-order valence-electron chi connectivity index (χ1n) is 5.89. The van der Waals surface area contributed by atoms with E-state index in [1.165, 1.54) is 12.1 Å². The van der Waals surface area contributed by atoms with Gasteiger partial charge in [0.05, 0.1) is 6.54 Å². The standard InChI is InChI=1S/C13H19FN2O/c1-3-8-15-13(17)9-16-10(2)11-4-6-12(14)7-5-11/h4-7,10,16H,3,8-9H2,1-2H3,(H,15,17)/t10-/m1/s1. The molecule has 1 amide bonds. The second kappa shape index (κ2) is 7.01. The third-order valence-corrected chi connectivity index (χ3v) is 2.51. The van der Waals surface area contributed by atoms with Gasteiger partial charge in [-0.05, 0) is 31.0 Å². The quantitative estimate of drug-likeness (QED) is 0.796. The summed E-state index contributed by atoms with van der Waals surface area (Å²) >= 11 is 0. The highest BCUT2D eigenvalue weighted by Crippen LogP contribution is 2.12. The molecule has 2 N–H and O–H groups in total. The lowest BCUT2D eigenvalue weighted by Gasteiger charge is -2.14. The molecule has 1 atom stereocenters. The van der Waals surface area contributed by atoms with Gasteiger partial charge in [0.1, 0.15) is 5.82 Å². The summed E-state index contributed by atoms with van der Waals surface area (Å²) in [5.74, 6) is -0.262. The van der Waals surface area contributed by atoms with Crippen LogP contribution >= 0.6 is 0 Å². The topological polar surface area (TPSA) is 41.1 Å². The van der Waals surface area contributed by atoms with Crippen molar-refractivity contribution in [2.24, 2.45) is 0 Å². The van der Waals surface area contributed by atoms with Gasteiger partial charge >= 0.3 is 0 Å². The molecule has 0 heterocycles. The predicted octanol–water partition coefficient (Wildman–Crippen LogP) is 2.00. The van der Waals surface area contributed by atoms with Crippen molar-refractivity contribution < 1.29 is 9.18 Å². The first kappa shape index (κ1) is 13.6. The molecule has 17 heavy (non-hydrogen) atoms. The summed E-state index contributed by atoms with van der Waals surface area (Å²) in [4.78, 5) is 11.4. The van der Waals surface area contributed by atoms with Gasteiger partial charge in [0.2, 0.25) is 5.91 Å². The number of nitrogens with one attached hydrogen (secondary N) is 2. The molecule has 94 valence electrons. The van der Waals surface area contributed by atoms with Crippen LogP contribution in [0.5, 0.6) is 0 Å². The van der Waals surface area contributed by atoms with E-state index in [-0.39, 0.29) is 24.3 Å². The summed E-state index contributed by atoms with van der Waals surface area (Å²) in [5, 5.41) is 5.88. The van der Waals surface area contributed by atoms with Crippen LogP contribution in [0.25, 0.3) is 0 Å². The predicted molar refractivity (Wildman–Crippen MR) is 66.1 cm³/mol. The van der Waals surface area contributed by atoms with Crippen molar-refractivity contribution >= 4 is 5.91 Å². The third kappa shape index (κ3) is 4.95. The molecular formula is C13H19FN2O. The van der Waals surface area contributed by atoms with Gasteiger partial charge in [-0.1, -0.05) is 19.1 Å². The van der Waals surface area contributed by atoms with Gasteiger partial charge < -0.3 is 10.6 Å². The number of carbonyl (C=O) groups excluding carboxylic acids is 1. The fourth-order valence-electron chi connectivity index (χ4n) is 1.44. The van der Waals surface area contributed by atoms with E-state index >= 15 is 0 Å². The summed E-state index contributed by atoms with van der Waals surface area (Å²) < 4.78 is 12.7. The molecule has 1 rings (SSSR count). The van der Waals surface area contributed by atoms with Crippen LogP contribution in [0.4, 0.5) is 4.39 Å². The van der Waals surface area contributed by atoms with Crippen molar-refractivity contribution in [2.45, 2.75) is 26.3 Å². The van der Waals surface area contributed by atoms with Crippen LogP contribution in [0, 0.1) is 5.82 Å². The Morgan fingerprint density at radius 3 is 2.59 bits per heavy atom. The molecule has 0 saturated heterocycles. The monoisotopic (exact) mass is 238 g/mol. The normalized spacial score (nSPS) is 12.2. The van der Waals surface area contributed by atoms with Gasteiger partial charge in [0.15, 0.2) is 0 Å². The zero-order valence-electron chi connectivity index (χ0n) is 10.3. The highest BCUT2D eigenvalue weighted by Gasteiger charge is 2.07. The summed E-state index contributed by atoms with van der Waals surface area (Å²) in [7, 11) is 0. The Kier molecular flexibility index (Phi) is 5.63. The maximum atomic E-state index is 12.7. The Labute approximate surface area is 101 Å². The highest BCUT2D eigenvalue weighted by molar-refractivity contribution is 5.77. The van der Waals surface area contributed by atoms with E-state index in [4.69, 9.17) is 0 Å². The minimum absolute atomic E-state index is 0.0131. The zero-order chi connectivity index (χ0) is 12.7. The van der Waals surface area contributed by atoms with Crippen molar-refractivity contribution in [3.8, 4) is 0 Å². The van der Waals surface area contributed by atoms with Crippen LogP contribution < -0.4 is 10.6 Å². The summed E-state index contributed by atoms with van der Waals surface area (Å²) in [5.41, 5.74) is 0.967. The molecule has 0 radical (unpaired) electrons. The molecule has 0 fully saturated rings. The van der Waals surface area contributed by atoms with Crippen molar-refractivity contribution in [2.75, 3.05) is 13.1 Å². The molecule has 1 aromatic rings. The molecule has 3 nitrogen and oxygen atoms in total. The maximum absolute atomic E-state index is 12.7. The highest BCUT2D eigenvalue weighted by atomic mass is 19.1. The van der Waals surface area contributed by atoms with E-state index in [1.54, 1.807) is 12.1 Å². The number of benzene rings is 1. The molecule has 0 aliphatic heterocycles. The molecule has 0 aliphatic carbocycles. The van der Waals surface area contributed by atoms with Crippen LogP contribution in [0.15, 0.2) is 24.3 Å². The summed E-state index contributed by atoms with van der Waals surface area (Å²) in [6, 6.07) is 6.31. The molecule has 0 saturated carbocycles. The Morgan fingerprint density at radius 1 is 1.35 bits per heavy atom. The van der Waals surface area contributed by atoms with Crippen molar-refractivity contribution in [3.05, 3.63) is 35.6 Å². The van der Waals surface area contributed by atoms with E-state index in [0.717, 1.165) is 12.0 Å². The number of hydrogen-bond donors (Lipinski definition) is 2.